The van der Waals surface area contributed by atoms with E-state index in [0.29, 0.717) is 13.0 Å². The van der Waals surface area contributed by atoms with E-state index in [0.717, 1.165) is 48.9 Å². The van der Waals surface area contributed by atoms with Gasteiger partial charge in [0, 0.05) is 37.0 Å². The van der Waals surface area contributed by atoms with Gasteiger partial charge in [0.1, 0.15) is 18.5 Å². The second-order valence-corrected chi connectivity index (χ2v) is 9.54. The van der Waals surface area contributed by atoms with Crippen LogP contribution in [0.5, 0.6) is 5.75 Å². The number of aliphatic hydroxyl groups excluding tert-OH is 1. The molecule has 1 amide bonds. The largest absolute Gasteiger partial charge is 0.490 e. The number of hydrogen-bond acceptors (Lipinski definition) is 5. The van der Waals surface area contributed by atoms with Gasteiger partial charge in [0.25, 0.3) is 0 Å². The Morgan fingerprint density at radius 1 is 1.10 bits per heavy atom. The Morgan fingerprint density at radius 3 is 2.61 bits per heavy atom. The fourth-order valence-electron chi connectivity index (χ4n) is 4.92. The number of hydrogen-bond donors (Lipinski definition) is 2. The van der Waals surface area contributed by atoms with Crippen LogP contribution in [0.25, 0.3) is 21.9 Å². The Kier molecular flexibility index (Phi) is 5.69. The molecule has 3 aromatic rings. The number of amides is 1. The molecule has 1 atom stereocenters. The van der Waals surface area contributed by atoms with E-state index in [1.165, 1.54) is 11.1 Å². The van der Waals surface area contributed by atoms with Gasteiger partial charge in [-0.25, -0.2) is 0 Å². The Labute approximate surface area is 186 Å². The van der Waals surface area contributed by atoms with E-state index in [4.69, 9.17) is 4.74 Å². The van der Waals surface area contributed by atoms with Crippen molar-refractivity contribution in [2.75, 3.05) is 26.2 Å². The molecule has 0 radical (unpaired) electrons. The standard InChI is InChI=1S/C25H28N2O3S/c28-19(15-27-12-10-25(11-13-27)9-7-24(29)26-25)16-30-23-6-5-20(18-8-14-31-17-18)21-3-1-2-4-22(21)23/h1-6,8,14,17,19,28H,7,9-13,15-16H2,(H,26,29). The van der Waals surface area contributed by atoms with Gasteiger partial charge in [-0.15, -0.1) is 0 Å². The SMILES string of the molecule is O=C1CCC2(CCN(CC(O)COc3ccc(-c4ccsc4)c4ccccc34)CC2)N1. The summed E-state index contributed by atoms with van der Waals surface area (Å²) in [6.45, 7) is 2.65. The number of benzene rings is 2. The number of thiophene rings is 1. The van der Waals surface area contributed by atoms with E-state index in [-0.39, 0.29) is 18.1 Å². The van der Waals surface area contributed by atoms with Gasteiger partial charge in [0.15, 0.2) is 0 Å². The molecule has 6 heteroatoms. The van der Waals surface area contributed by atoms with Gasteiger partial charge < -0.3 is 20.1 Å². The topological polar surface area (TPSA) is 61.8 Å². The molecule has 2 N–H and O–H groups in total. The van der Waals surface area contributed by atoms with Crippen molar-refractivity contribution in [1.82, 2.24) is 10.2 Å². The van der Waals surface area contributed by atoms with E-state index in [1.54, 1.807) is 11.3 Å². The van der Waals surface area contributed by atoms with Gasteiger partial charge in [-0.05, 0) is 58.7 Å². The molecule has 0 saturated carbocycles. The lowest BCUT2D eigenvalue weighted by molar-refractivity contribution is -0.120. The van der Waals surface area contributed by atoms with Crippen LogP contribution in [0.3, 0.4) is 0 Å². The second-order valence-electron chi connectivity index (χ2n) is 8.76. The maximum atomic E-state index is 11.6. The first kappa shape index (κ1) is 20.5. The van der Waals surface area contributed by atoms with Gasteiger partial charge in [-0.3, -0.25) is 4.79 Å². The van der Waals surface area contributed by atoms with Crippen LogP contribution < -0.4 is 10.1 Å². The summed E-state index contributed by atoms with van der Waals surface area (Å²) < 4.78 is 6.07. The minimum absolute atomic E-state index is 0.00183. The monoisotopic (exact) mass is 436 g/mol. The highest BCUT2D eigenvalue weighted by Gasteiger charge is 2.40. The molecule has 2 aromatic carbocycles. The lowest BCUT2D eigenvalue weighted by Crippen LogP contribution is -2.52. The number of piperidine rings is 1. The molecule has 3 heterocycles. The number of fused-ring (bicyclic) bond motifs is 1. The molecular weight excluding hydrogens is 408 g/mol. The van der Waals surface area contributed by atoms with Crippen LogP contribution >= 0.6 is 11.3 Å². The van der Waals surface area contributed by atoms with Gasteiger partial charge in [-0.1, -0.05) is 30.3 Å². The molecule has 5 rings (SSSR count). The summed E-state index contributed by atoms with van der Waals surface area (Å²) in [7, 11) is 0. The van der Waals surface area contributed by atoms with Crippen molar-refractivity contribution in [3.05, 3.63) is 53.2 Å². The number of ether oxygens (including phenoxy) is 1. The highest BCUT2D eigenvalue weighted by molar-refractivity contribution is 7.08. The Morgan fingerprint density at radius 2 is 1.90 bits per heavy atom. The average Bonchev–Trinajstić information content (AvgIpc) is 3.44. The quantitative estimate of drug-likeness (QED) is 0.612. The van der Waals surface area contributed by atoms with Crippen LogP contribution in [0.2, 0.25) is 0 Å². The van der Waals surface area contributed by atoms with Crippen LogP contribution in [-0.4, -0.2) is 53.8 Å². The van der Waals surface area contributed by atoms with Crippen LogP contribution in [0, 0.1) is 0 Å². The number of β-amino-alcohol motifs (C(OH)–C–C–N with tert-alkyl or cyclic N) is 1. The first-order chi connectivity index (χ1) is 15.1. The first-order valence-corrected chi connectivity index (χ1v) is 11.9. The summed E-state index contributed by atoms with van der Waals surface area (Å²) in [5, 5.41) is 20.2. The maximum Gasteiger partial charge on any atom is 0.220 e. The first-order valence-electron chi connectivity index (χ1n) is 11.0. The zero-order valence-electron chi connectivity index (χ0n) is 17.5. The molecule has 2 fully saturated rings. The van der Waals surface area contributed by atoms with Gasteiger partial charge >= 0.3 is 0 Å². The smallest absolute Gasteiger partial charge is 0.220 e. The van der Waals surface area contributed by atoms with E-state index in [1.807, 2.05) is 18.2 Å². The Bertz CT molecular complexity index is 1060. The number of aliphatic hydroxyl groups is 1. The van der Waals surface area contributed by atoms with E-state index < -0.39 is 6.10 Å². The van der Waals surface area contributed by atoms with E-state index in [2.05, 4.69) is 45.2 Å². The third kappa shape index (κ3) is 4.33. The molecule has 0 aliphatic carbocycles. The average molecular weight is 437 g/mol. The summed E-state index contributed by atoms with van der Waals surface area (Å²) in [6.07, 6.45) is 2.96. The molecule has 0 bridgehead atoms. The fourth-order valence-corrected chi connectivity index (χ4v) is 5.57. The van der Waals surface area contributed by atoms with E-state index in [9.17, 15) is 9.90 Å². The van der Waals surface area contributed by atoms with Crippen molar-refractivity contribution in [2.24, 2.45) is 0 Å². The predicted octanol–water partition coefficient (Wildman–Crippen LogP) is 4.05. The predicted molar refractivity (Wildman–Crippen MR) is 125 cm³/mol. The number of nitrogens with one attached hydrogen (secondary N) is 1. The van der Waals surface area contributed by atoms with Crippen molar-refractivity contribution in [2.45, 2.75) is 37.3 Å². The number of rotatable bonds is 6. The molecule has 5 nitrogen and oxygen atoms in total. The number of likely N-dealkylation sites (tertiary alicyclic amines) is 1. The Balaban J connectivity index is 1.20. The molecule has 31 heavy (non-hydrogen) atoms. The summed E-state index contributed by atoms with van der Waals surface area (Å²) in [4.78, 5) is 13.9. The lowest BCUT2D eigenvalue weighted by Gasteiger charge is -2.39. The molecule has 2 aliphatic heterocycles. The summed E-state index contributed by atoms with van der Waals surface area (Å²) in [5.41, 5.74) is 2.41. The zero-order valence-corrected chi connectivity index (χ0v) is 18.4. The normalized spacial score (nSPS) is 19.6. The number of carbonyl (C=O) groups excluding carboxylic acids is 1. The third-order valence-corrected chi connectivity index (χ3v) is 7.35. The van der Waals surface area contributed by atoms with Crippen molar-refractivity contribution >= 4 is 28.0 Å². The van der Waals surface area contributed by atoms with Crippen molar-refractivity contribution in [1.29, 1.82) is 0 Å². The molecule has 162 valence electrons. The minimum Gasteiger partial charge on any atom is -0.490 e. The number of carbonyl (C=O) groups is 1. The highest BCUT2D eigenvalue weighted by Crippen LogP contribution is 2.35. The third-order valence-electron chi connectivity index (χ3n) is 6.66. The highest BCUT2D eigenvalue weighted by atomic mass is 32.1. The van der Waals surface area contributed by atoms with Crippen LogP contribution in [-0.2, 0) is 4.79 Å². The summed E-state index contributed by atoms with van der Waals surface area (Å²) in [5.74, 6) is 0.985. The van der Waals surface area contributed by atoms with Gasteiger partial charge in [-0.2, -0.15) is 11.3 Å². The van der Waals surface area contributed by atoms with E-state index >= 15 is 0 Å². The second kappa shape index (κ2) is 8.61. The lowest BCUT2D eigenvalue weighted by atomic mass is 9.86. The van der Waals surface area contributed by atoms with Crippen LogP contribution in [0.15, 0.2) is 53.2 Å². The van der Waals surface area contributed by atoms with Gasteiger partial charge in [0.2, 0.25) is 5.91 Å². The molecule has 2 aliphatic rings. The van der Waals surface area contributed by atoms with Crippen LogP contribution in [0.1, 0.15) is 25.7 Å². The fraction of sp³-hybridized carbons (Fsp3) is 0.400. The molecule has 1 unspecified atom stereocenters. The van der Waals surface area contributed by atoms with Gasteiger partial charge in [0.05, 0.1) is 0 Å². The maximum absolute atomic E-state index is 11.6. The van der Waals surface area contributed by atoms with Crippen LogP contribution in [0.4, 0.5) is 0 Å². The van der Waals surface area contributed by atoms with Crippen molar-refractivity contribution < 1.29 is 14.6 Å². The Hall–Kier alpha value is -2.41. The molecule has 2 saturated heterocycles. The molecular formula is C25H28N2O3S. The zero-order chi connectivity index (χ0) is 21.3. The molecule has 1 aromatic heterocycles. The number of nitrogens with zero attached hydrogens (tertiary/aromatic N) is 1. The summed E-state index contributed by atoms with van der Waals surface area (Å²) in [6, 6.07) is 14.5. The minimum atomic E-state index is -0.553. The summed E-state index contributed by atoms with van der Waals surface area (Å²) >= 11 is 1.69. The van der Waals surface area contributed by atoms with Crippen molar-refractivity contribution in [3.63, 3.8) is 0 Å². The van der Waals surface area contributed by atoms with Crippen molar-refractivity contribution in [3.8, 4) is 16.9 Å². The molecule has 1 spiro atoms.